The van der Waals surface area contributed by atoms with Crippen LogP contribution in [0.15, 0.2) is 16.9 Å². The predicted octanol–water partition coefficient (Wildman–Crippen LogP) is 2.08. The molecule has 0 atom stereocenters. The van der Waals surface area contributed by atoms with Gasteiger partial charge in [0.1, 0.15) is 5.69 Å². The molecule has 0 saturated heterocycles. The summed E-state index contributed by atoms with van der Waals surface area (Å²) < 4.78 is 26.0. The zero-order valence-corrected chi connectivity index (χ0v) is 8.87. The van der Waals surface area contributed by atoms with Crippen molar-refractivity contribution in [3.63, 3.8) is 0 Å². The van der Waals surface area contributed by atoms with Crippen molar-refractivity contribution in [3.05, 3.63) is 33.9 Å². The molecule has 0 aliphatic rings. The minimum Gasteiger partial charge on any atom is -0.293 e. The van der Waals surface area contributed by atoms with Crippen LogP contribution in [0.5, 0.6) is 0 Å². The van der Waals surface area contributed by atoms with Crippen LogP contribution in [0, 0.1) is 0 Å². The Bertz CT molecular complexity index is 571. The summed E-state index contributed by atoms with van der Waals surface area (Å²) in [6.45, 7) is 3.87. The molecule has 2 aromatic rings. The predicted molar refractivity (Wildman–Crippen MR) is 54.9 cm³/mol. The van der Waals surface area contributed by atoms with Gasteiger partial charge in [0.05, 0.1) is 0 Å². The van der Waals surface area contributed by atoms with Crippen molar-refractivity contribution in [2.24, 2.45) is 0 Å². The Balaban J connectivity index is 2.68. The average molecular weight is 227 g/mol. The Morgan fingerprint density at radius 2 is 2.06 bits per heavy atom. The lowest BCUT2D eigenvalue weighted by molar-refractivity contribution is 0.146. The number of hydrogen-bond donors (Lipinski definition) is 1. The molecule has 6 heteroatoms. The van der Waals surface area contributed by atoms with Gasteiger partial charge in [0.2, 0.25) is 0 Å². The minimum atomic E-state index is -2.73. The van der Waals surface area contributed by atoms with Gasteiger partial charge in [-0.15, -0.1) is 0 Å². The third-order valence-electron chi connectivity index (χ3n) is 2.34. The average Bonchev–Trinajstić information content (AvgIpc) is 2.61. The number of aromatic amines is 1. The van der Waals surface area contributed by atoms with Crippen LogP contribution in [-0.4, -0.2) is 14.6 Å². The molecule has 4 nitrogen and oxygen atoms in total. The topological polar surface area (TPSA) is 50.2 Å². The molecule has 2 rings (SSSR count). The van der Waals surface area contributed by atoms with Crippen molar-refractivity contribution < 1.29 is 8.78 Å². The summed E-state index contributed by atoms with van der Waals surface area (Å²) in [6, 6.07) is 2.45. The monoisotopic (exact) mass is 227 g/mol. The fourth-order valence-corrected chi connectivity index (χ4v) is 1.44. The van der Waals surface area contributed by atoms with E-state index in [1.165, 1.54) is 4.52 Å². The van der Waals surface area contributed by atoms with Crippen LogP contribution in [0.1, 0.15) is 37.6 Å². The first-order valence-electron chi connectivity index (χ1n) is 4.90. The highest BCUT2D eigenvalue weighted by Crippen LogP contribution is 2.17. The van der Waals surface area contributed by atoms with Gasteiger partial charge in [0.15, 0.2) is 5.65 Å². The van der Waals surface area contributed by atoms with E-state index in [2.05, 4.69) is 10.1 Å². The Hall–Kier alpha value is -1.72. The number of alkyl halides is 2. The molecular weight excluding hydrogens is 216 g/mol. The number of H-pyrrole nitrogens is 1. The largest absolute Gasteiger partial charge is 0.293 e. The molecule has 2 aromatic heterocycles. The van der Waals surface area contributed by atoms with Gasteiger partial charge in [-0.05, 0) is 5.92 Å². The van der Waals surface area contributed by atoms with Crippen LogP contribution in [0.3, 0.4) is 0 Å². The van der Waals surface area contributed by atoms with E-state index in [0.717, 1.165) is 11.8 Å². The van der Waals surface area contributed by atoms with E-state index >= 15 is 0 Å². The summed E-state index contributed by atoms with van der Waals surface area (Å²) in [7, 11) is 0. The Morgan fingerprint density at radius 3 is 2.62 bits per heavy atom. The summed E-state index contributed by atoms with van der Waals surface area (Å²) in [5.41, 5.74) is 0.00835. The molecule has 0 aliphatic heterocycles. The molecule has 0 fully saturated rings. The van der Waals surface area contributed by atoms with Crippen LogP contribution in [-0.2, 0) is 0 Å². The Labute approximate surface area is 89.9 Å². The lowest BCUT2D eigenvalue weighted by Gasteiger charge is -1.98. The maximum Gasteiger partial charge on any atom is 0.280 e. The second-order valence-corrected chi connectivity index (χ2v) is 3.88. The van der Waals surface area contributed by atoms with Crippen LogP contribution < -0.4 is 5.56 Å². The number of halogens is 2. The maximum absolute atomic E-state index is 12.4. The van der Waals surface area contributed by atoms with Crippen molar-refractivity contribution in [1.82, 2.24) is 14.6 Å². The minimum absolute atomic E-state index is 0.177. The fourth-order valence-electron chi connectivity index (χ4n) is 1.44. The Morgan fingerprint density at radius 1 is 1.38 bits per heavy atom. The van der Waals surface area contributed by atoms with Crippen molar-refractivity contribution in [2.75, 3.05) is 0 Å². The lowest BCUT2D eigenvalue weighted by atomic mass is 10.1. The summed E-state index contributed by atoms with van der Waals surface area (Å²) in [5, 5.41) is 2.83. The standard InChI is InChI=1S/C10H11F2N3O/c1-5(2)6-3-8-13-7(10(11)12)4-9(16)15(8)14-6/h3-5,10,14H,1-2H3. The molecule has 0 saturated carbocycles. The van der Waals surface area contributed by atoms with Crippen molar-refractivity contribution >= 4 is 5.65 Å². The number of hydrogen-bond acceptors (Lipinski definition) is 2. The van der Waals surface area contributed by atoms with Gasteiger partial charge in [-0.2, -0.15) is 0 Å². The molecule has 0 aliphatic carbocycles. The maximum atomic E-state index is 12.4. The molecule has 2 heterocycles. The summed E-state index contributed by atoms with van der Waals surface area (Å²) in [6.07, 6.45) is -2.73. The van der Waals surface area contributed by atoms with Crippen LogP contribution in [0.25, 0.3) is 5.65 Å². The Kier molecular flexibility index (Phi) is 2.49. The van der Waals surface area contributed by atoms with E-state index in [1.54, 1.807) is 6.07 Å². The fraction of sp³-hybridized carbons (Fsp3) is 0.400. The highest BCUT2D eigenvalue weighted by molar-refractivity contribution is 5.40. The van der Waals surface area contributed by atoms with Gasteiger partial charge in [0.25, 0.3) is 12.0 Å². The van der Waals surface area contributed by atoms with E-state index in [9.17, 15) is 13.6 Å². The van der Waals surface area contributed by atoms with Crippen LogP contribution in [0.2, 0.25) is 0 Å². The van der Waals surface area contributed by atoms with Gasteiger partial charge < -0.3 is 0 Å². The smallest absolute Gasteiger partial charge is 0.280 e. The van der Waals surface area contributed by atoms with Crippen LogP contribution in [0.4, 0.5) is 8.78 Å². The number of aromatic nitrogens is 3. The van der Waals surface area contributed by atoms with Crippen molar-refractivity contribution in [2.45, 2.75) is 26.2 Å². The third-order valence-corrected chi connectivity index (χ3v) is 2.34. The van der Waals surface area contributed by atoms with Crippen molar-refractivity contribution in [1.29, 1.82) is 0 Å². The van der Waals surface area contributed by atoms with E-state index in [4.69, 9.17) is 0 Å². The molecule has 0 radical (unpaired) electrons. The number of rotatable bonds is 2. The number of fused-ring (bicyclic) bond motifs is 1. The molecule has 0 aromatic carbocycles. The first-order valence-corrected chi connectivity index (χ1v) is 4.90. The molecule has 0 unspecified atom stereocenters. The van der Waals surface area contributed by atoms with Gasteiger partial charge in [0, 0.05) is 17.8 Å². The van der Waals surface area contributed by atoms with Gasteiger partial charge in [-0.3, -0.25) is 9.89 Å². The van der Waals surface area contributed by atoms with Crippen molar-refractivity contribution in [3.8, 4) is 0 Å². The van der Waals surface area contributed by atoms with Gasteiger partial charge in [-0.25, -0.2) is 18.3 Å². The number of nitrogens with zero attached hydrogens (tertiary/aromatic N) is 2. The molecule has 86 valence electrons. The summed E-state index contributed by atoms with van der Waals surface area (Å²) in [5.74, 6) is 0.177. The summed E-state index contributed by atoms with van der Waals surface area (Å²) >= 11 is 0. The summed E-state index contributed by atoms with van der Waals surface area (Å²) in [4.78, 5) is 15.2. The normalized spacial score (nSPS) is 11.9. The molecule has 16 heavy (non-hydrogen) atoms. The molecule has 0 spiro atoms. The van der Waals surface area contributed by atoms with E-state index in [-0.39, 0.29) is 11.6 Å². The first kappa shape index (κ1) is 10.8. The molecule has 1 N–H and O–H groups in total. The molecule has 0 amide bonds. The second-order valence-electron chi connectivity index (χ2n) is 3.88. The van der Waals surface area contributed by atoms with Gasteiger partial charge in [-0.1, -0.05) is 13.8 Å². The van der Waals surface area contributed by atoms with E-state index in [0.29, 0.717) is 0 Å². The zero-order valence-electron chi connectivity index (χ0n) is 8.87. The van der Waals surface area contributed by atoms with E-state index < -0.39 is 17.7 Å². The molecule has 0 bridgehead atoms. The molecular formula is C10H11F2N3O. The second kappa shape index (κ2) is 3.70. The van der Waals surface area contributed by atoms with Gasteiger partial charge >= 0.3 is 0 Å². The number of nitrogens with one attached hydrogen (secondary N) is 1. The highest BCUT2D eigenvalue weighted by atomic mass is 19.3. The quantitative estimate of drug-likeness (QED) is 0.853. The van der Waals surface area contributed by atoms with E-state index in [1.807, 2.05) is 13.8 Å². The van der Waals surface area contributed by atoms with Crippen LogP contribution >= 0.6 is 0 Å². The first-order chi connectivity index (χ1) is 7.49. The third kappa shape index (κ3) is 1.70. The highest BCUT2D eigenvalue weighted by Gasteiger charge is 2.13. The zero-order chi connectivity index (χ0) is 11.9. The SMILES string of the molecule is CC(C)c1cc2nc(C(F)F)cc(=O)n2[nH]1. The lowest BCUT2D eigenvalue weighted by Crippen LogP contribution is -2.15.